The lowest BCUT2D eigenvalue weighted by atomic mass is 10.1. The van der Waals surface area contributed by atoms with Gasteiger partial charge in [-0.2, -0.15) is 24.5 Å². The van der Waals surface area contributed by atoms with E-state index in [9.17, 15) is 18.0 Å². The van der Waals surface area contributed by atoms with Gasteiger partial charge in [-0.05, 0) is 29.1 Å². The van der Waals surface area contributed by atoms with E-state index in [2.05, 4.69) is 15.1 Å². The van der Waals surface area contributed by atoms with Crippen LogP contribution >= 0.6 is 11.3 Å². The maximum atomic E-state index is 12.7. The Balaban J connectivity index is 1.22. The normalized spacial score (nSPS) is 15.4. The summed E-state index contributed by atoms with van der Waals surface area (Å²) in [4.78, 5) is 16.5. The second kappa shape index (κ2) is 9.19. The van der Waals surface area contributed by atoms with Crippen molar-refractivity contribution in [2.45, 2.75) is 25.6 Å². The Bertz CT molecular complexity index is 995. The lowest BCUT2D eigenvalue weighted by Gasteiger charge is -2.34. The molecule has 0 aliphatic carbocycles. The van der Waals surface area contributed by atoms with Crippen LogP contribution in [0.25, 0.3) is 11.5 Å². The second-order valence-corrected chi connectivity index (χ2v) is 8.14. The molecule has 0 radical (unpaired) electrons. The third-order valence-corrected chi connectivity index (χ3v) is 5.88. The Kier molecular flexibility index (Phi) is 6.38. The second-order valence-electron chi connectivity index (χ2n) is 7.36. The van der Waals surface area contributed by atoms with E-state index >= 15 is 0 Å². The Hall–Kier alpha value is -2.72. The number of aryl methyl sites for hydroxylation is 1. The number of carbonyl (C=O) groups excluding carboxylic acids is 1. The SMILES string of the molecule is O=C(CCc1nnc(-c2ccsc2)o1)N1CCN(Cc2ccc(C(F)(F)F)cc2)CC1. The topological polar surface area (TPSA) is 62.5 Å². The van der Waals surface area contributed by atoms with Crippen LogP contribution in [-0.2, 0) is 23.9 Å². The number of halogens is 3. The summed E-state index contributed by atoms with van der Waals surface area (Å²) in [6.45, 7) is 3.09. The molecule has 164 valence electrons. The van der Waals surface area contributed by atoms with Crippen molar-refractivity contribution in [2.75, 3.05) is 26.2 Å². The highest BCUT2D eigenvalue weighted by molar-refractivity contribution is 7.08. The summed E-state index contributed by atoms with van der Waals surface area (Å²) >= 11 is 1.55. The number of carbonyl (C=O) groups is 1. The Morgan fingerprint density at radius 2 is 1.81 bits per heavy atom. The quantitative estimate of drug-likeness (QED) is 0.566. The van der Waals surface area contributed by atoms with Crippen LogP contribution in [0.15, 0.2) is 45.5 Å². The zero-order valence-corrected chi connectivity index (χ0v) is 17.5. The molecule has 0 N–H and O–H groups in total. The van der Waals surface area contributed by atoms with Crippen molar-refractivity contribution in [1.82, 2.24) is 20.0 Å². The van der Waals surface area contributed by atoms with Crippen molar-refractivity contribution >= 4 is 17.2 Å². The predicted octanol–water partition coefficient (Wildman–Crippen LogP) is 4.09. The van der Waals surface area contributed by atoms with Gasteiger partial charge in [-0.1, -0.05) is 12.1 Å². The molecule has 2 aromatic heterocycles. The number of hydrogen-bond donors (Lipinski definition) is 0. The fourth-order valence-corrected chi connectivity index (χ4v) is 4.07. The summed E-state index contributed by atoms with van der Waals surface area (Å²) in [5.41, 5.74) is 1.06. The molecular weight excluding hydrogens is 429 g/mol. The summed E-state index contributed by atoms with van der Waals surface area (Å²) < 4.78 is 43.6. The summed E-state index contributed by atoms with van der Waals surface area (Å²) in [6, 6.07) is 7.13. The van der Waals surface area contributed by atoms with Crippen LogP contribution in [0.5, 0.6) is 0 Å². The lowest BCUT2D eigenvalue weighted by Crippen LogP contribution is -2.48. The van der Waals surface area contributed by atoms with Gasteiger partial charge < -0.3 is 9.32 Å². The maximum absolute atomic E-state index is 12.7. The molecule has 3 heterocycles. The van der Waals surface area contributed by atoms with E-state index in [1.165, 1.54) is 12.1 Å². The molecule has 0 spiro atoms. The highest BCUT2D eigenvalue weighted by atomic mass is 32.1. The van der Waals surface area contributed by atoms with Crippen LogP contribution in [0.4, 0.5) is 13.2 Å². The van der Waals surface area contributed by atoms with E-state index < -0.39 is 11.7 Å². The van der Waals surface area contributed by atoms with Gasteiger partial charge in [0.05, 0.1) is 5.56 Å². The molecule has 3 aromatic rings. The number of alkyl halides is 3. The van der Waals surface area contributed by atoms with Crippen molar-refractivity contribution in [2.24, 2.45) is 0 Å². The fourth-order valence-electron chi connectivity index (χ4n) is 3.44. The zero-order chi connectivity index (χ0) is 21.8. The van der Waals surface area contributed by atoms with E-state index in [-0.39, 0.29) is 5.91 Å². The molecule has 1 amide bonds. The van der Waals surface area contributed by atoms with Gasteiger partial charge in [-0.3, -0.25) is 9.69 Å². The van der Waals surface area contributed by atoms with Crippen molar-refractivity contribution in [3.8, 4) is 11.5 Å². The van der Waals surface area contributed by atoms with E-state index in [1.54, 1.807) is 16.2 Å². The van der Waals surface area contributed by atoms with Crippen LogP contribution < -0.4 is 0 Å². The van der Waals surface area contributed by atoms with Crippen molar-refractivity contribution < 1.29 is 22.4 Å². The van der Waals surface area contributed by atoms with Crippen molar-refractivity contribution in [1.29, 1.82) is 0 Å². The standard InChI is InChI=1S/C21H21F3N4O2S/c22-21(23,24)17-3-1-15(2-4-17)13-27-8-10-28(11-9-27)19(29)6-5-18-25-26-20(30-18)16-7-12-31-14-16/h1-4,7,12,14H,5-6,8-11,13H2. The van der Waals surface area contributed by atoms with Crippen LogP contribution in [0.1, 0.15) is 23.4 Å². The van der Waals surface area contributed by atoms with E-state index in [4.69, 9.17) is 4.42 Å². The van der Waals surface area contributed by atoms with E-state index in [0.717, 1.165) is 23.3 Å². The molecular formula is C21H21F3N4O2S. The number of rotatable bonds is 6. The minimum atomic E-state index is -4.32. The minimum absolute atomic E-state index is 0.0319. The smallest absolute Gasteiger partial charge is 0.416 e. The Morgan fingerprint density at radius 1 is 1.06 bits per heavy atom. The minimum Gasteiger partial charge on any atom is -0.421 e. The number of amides is 1. The molecule has 1 aromatic carbocycles. The summed E-state index contributed by atoms with van der Waals surface area (Å²) in [5.74, 6) is 0.931. The van der Waals surface area contributed by atoms with E-state index in [0.29, 0.717) is 57.3 Å². The lowest BCUT2D eigenvalue weighted by molar-refractivity contribution is -0.137. The van der Waals surface area contributed by atoms with Gasteiger partial charge in [0.2, 0.25) is 17.7 Å². The van der Waals surface area contributed by atoms with Gasteiger partial charge in [-0.15, -0.1) is 10.2 Å². The number of hydrogen-bond acceptors (Lipinski definition) is 6. The number of benzene rings is 1. The molecule has 0 unspecified atom stereocenters. The van der Waals surface area contributed by atoms with Gasteiger partial charge in [0.25, 0.3) is 0 Å². The number of aromatic nitrogens is 2. The first-order valence-electron chi connectivity index (χ1n) is 9.90. The molecule has 1 aliphatic heterocycles. The maximum Gasteiger partial charge on any atom is 0.416 e. The highest BCUT2D eigenvalue weighted by Gasteiger charge is 2.30. The molecule has 1 aliphatic rings. The van der Waals surface area contributed by atoms with Crippen LogP contribution in [0.2, 0.25) is 0 Å². The number of nitrogens with zero attached hydrogens (tertiary/aromatic N) is 4. The third-order valence-electron chi connectivity index (χ3n) is 5.20. The first-order chi connectivity index (χ1) is 14.9. The number of thiophene rings is 1. The third kappa shape index (κ3) is 5.50. The fraction of sp³-hybridized carbons (Fsp3) is 0.381. The first kappa shape index (κ1) is 21.5. The summed E-state index contributed by atoms with van der Waals surface area (Å²) in [7, 11) is 0. The summed E-state index contributed by atoms with van der Waals surface area (Å²) in [5, 5.41) is 11.9. The highest BCUT2D eigenvalue weighted by Crippen LogP contribution is 2.29. The largest absolute Gasteiger partial charge is 0.421 e. The molecule has 0 saturated carbocycles. The van der Waals surface area contributed by atoms with Crippen LogP contribution in [0.3, 0.4) is 0 Å². The van der Waals surface area contributed by atoms with Gasteiger partial charge >= 0.3 is 6.18 Å². The zero-order valence-electron chi connectivity index (χ0n) is 16.6. The molecule has 4 rings (SSSR count). The molecule has 6 nitrogen and oxygen atoms in total. The monoisotopic (exact) mass is 450 g/mol. The van der Waals surface area contributed by atoms with E-state index in [1.807, 2.05) is 16.8 Å². The molecule has 1 saturated heterocycles. The number of piperazine rings is 1. The van der Waals surface area contributed by atoms with Crippen molar-refractivity contribution in [3.63, 3.8) is 0 Å². The predicted molar refractivity (Wildman–Crippen MR) is 109 cm³/mol. The average molecular weight is 450 g/mol. The molecule has 31 heavy (non-hydrogen) atoms. The van der Waals surface area contributed by atoms with Gasteiger partial charge in [0.1, 0.15) is 0 Å². The molecule has 10 heteroatoms. The Labute approximate surface area is 181 Å². The molecule has 0 atom stereocenters. The average Bonchev–Trinajstić information content (AvgIpc) is 3.44. The van der Waals surface area contributed by atoms with Gasteiger partial charge in [0, 0.05) is 56.5 Å². The molecule has 1 fully saturated rings. The molecule has 0 bridgehead atoms. The Morgan fingerprint density at radius 3 is 2.45 bits per heavy atom. The van der Waals surface area contributed by atoms with Gasteiger partial charge in [0.15, 0.2) is 0 Å². The van der Waals surface area contributed by atoms with Crippen molar-refractivity contribution in [3.05, 3.63) is 58.1 Å². The van der Waals surface area contributed by atoms with Crippen LogP contribution in [-0.4, -0.2) is 52.1 Å². The first-order valence-corrected chi connectivity index (χ1v) is 10.8. The van der Waals surface area contributed by atoms with Crippen LogP contribution in [0, 0.1) is 0 Å². The summed E-state index contributed by atoms with van der Waals surface area (Å²) in [6.07, 6.45) is -3.64. The van der Waals surface area contributed by atoms with Gasteiger partial charge in [-0.25, -0.2) is 0 Å².